The first kappa shape index (κ1) is 15.2. The van der Waals surface area contributed by atoms with Crippen LogP contribution in [0.1, 0.15) is 16.8 Å². The van der Waals surface area contributed by atoms with Crippen molar-refractivity contribution in [1.29, 1.82) is 0 Å². The number of benzene rings is 1. The number of thiophene rings is 1. The molecule has 0 aliphatic rings. The third-order valence-electron chi connectivity index (χ3n) is 3.82. The van der Waals surface area contributed by atoms with Crippen molar-refractivity contribution >= 4 is 21.4 Å². The first-order valence-electron chi connectivity index (χ1n) is 7.45. The van der Waals surface area contributed by atoms with Gasteiger partial charge in [-0.05, 0) is 36.4 Å². The van der Waals surface area contributed by atoms with Crippen LogP contribution in [0, 0.1) is 6.92 Å². The minimum absolute atomic E-state index is 0.122. The van der Waals surface area contributed by atoms with Crippen LogP contribution in [0.15, 0.2) is 35.8 Å². The van der Waals surface area contributed by atoms with E-state index in [0.717, 1.165) is 18.8 Å². The number of aryl methyl sites for hydroxylation is 1. The number of nitrogens with zero attached hydrogens (tertiary/aromatic N) is 3. The summed E-state index contributed by atoms with van der Waals surface area (Å²) in [4.78, 5) is 2.31. The standard InChI is InChI=1S/C17H21N3OS/c1-13-14(11-20(18-13)7-8-21)9-19(2)10-15-12-22-17-6-4-3-5-16(15)17/h3-6,11-12,21H,7-10H2,1-2H3. The van der Waals surface area contributed by atoms with Gasteiger partial charge in [0.1, 0.15) is 0 Å². The topological polar surface area (TPSA) is 41.3 Å². The quantitative estimate of drug-likeness (QED) is 0.760. The average molecular weight is 315 g/mol. The molecule has 1 aromatic carbocycles. The van der Waals surface area contributed by atoms with Crippen LogP contribution >= 0.6 is 11.3 Å². The monoisotopic (exact) mass is 315 g/mol. The number of rotatable bonds is 6. The van der Waals surface area contributed by atoms with Crippen molar-refractivity contribution in [2.75, 3.05) is 13.7 Å². The van der Waals surface area contributed by atoms with E-state index in [1.807, 2.05) is 17.8 Å². The van der Waals surface area contributed by atoms with Crippen LogP contribution in [0.2, 0.25) is 0 Å². The predicted molar refractivity (Wildman–Crippen MR) is 91.0 cm³/mol. The minimum atomic E-state index is 0.122. The second kappa shape index (κ2) is 6.60. The number of aromatic nitrogens is 2. The van der Waals surface area contributed by atoms with Gasteiger partial charge in [-0.3, -0.25) is 9.58 Å². The summed E-state index contributed by atoms with van der Waals surface area (Å²) in [5, 5.41) is 17.0. The number of hydrogen-bond acceptors (Lipinski definition) is 4. The second-order valence-electron chi connectivity index (χ2n) is 5.66. The lowest BCUT2D eigenvalue weighted by Gasteiger charge is -2.15. The van der Waals surface area contributed by atoms with E-state index < -0.39 is 0 Å². The van der Waals surface area contributed by atoms with Crippen LogP contribution in [0.25, 0.3) is 10.1 Å². The molecule has 0 atom stereocenters. The molecule has 0 aliphatic heterocycles. The smallest absolute Gasteiger partial charge is 0.0641 e. The van der Waals surface area contributed by atoms with Crippen LogP contribution in [0.5, 0.6) is 0 Å². The third-order valence-corrected chi connectivity index (χ3v) is 4.83. The number of hydrogen-bond donors (Lipinski definition) is 1. The molecule has 0 unspecified atom stereocenters. The fourth-order valence-corrected chi connectivity index (χ4v) is 3.68. The third kappa shape index (κ3) is 3.21. The van der Waals surface area contributed by atoms with E-state index in [1.165, 1.54) is 21.2 Å². The van der Waals surface area contributed by atoms with Crippen LogP contribution in [0.4, 0.5) is 0 Å². The molecule has 2 aromatic heterocycles. The molecule has 5 heteroatoms. The SMILES string of the molecule is Cc1nn(CCO)cc1CN(C)Cc1csc2ccccc12. The molecule has 3 rings (SSSR count). The lowest BCUT2D eigenvalue weighted by molar-refractivity contribution is 0.269. The molecule has 0 bridgehead atoms. The second-order valence-corrected chi connectivity index (χ2v) is 6.57. The number of fused-ring (bicyclic) bond motifs is 1. The Kier molecular flexibility index (Phi) is 4.57. The van der Waals surface area contributed by atoms with E-state index in [4.69, 9.17) is 5.11 Å². The van der Waals surface area contributed by atoms with Gasteiger partial charge in [-0.1, -0.05) is 18.2 Å². The molecule has 3 aromatic rings. The molecule has 0 aliphatic carbocycles. The Morgan fingerprint density at radius 2 is 2.00 bits per heavy atom. The zero-order valence-electron chi connectivity index (χ0n) is 13.0. The maximum absolute atomic E-state index is 9.00. The lowest BCUT2D eigenvalue weighted by Crippen LogP contribution is -2.17. The molecule has 0 saturated heterocycles. The van der Waals surface area contributed by atoms with Crippen LogP contribution in [-0.4, -0.2) is 33.4 Å². The van der Waals surface area contributed by atoms with E-state index in [9.17, 15) is 0 Å². The molecule has 1 N–H and O–H groups in total. The highest BCUT2D eigenvalue weighted by Crippen LogP contribution is 2.26. The van der Waals surface area contributed by atoms with Crippen molar-refractivity contribution in [3.8, 4) is 0 Å². The summed E-state index contributed by atoms with van der Waals surface area (Å²) in [5.41, 5.74) is 3.63. The van der Waals surface area contributed by atoms with E-state index in [0.29, 0.717) is 6.54 Å². The van der Waals surface area contributed by atoms with Gasteiger partial charge in [0.25, 0.3) is 0 Å². The van der Waals surface area contributed by atoms with Crippen molar-refractivity contribution in [2.45, 2.75) is 26.6 Å². The van der Waals surface area contributed by atoms with Gasteiger partial charge in [-0.25, -0.2) is 0 Å². The summed E-state index contributed by atoms with van der Waals surface area (Å²) in [5.74, 6) is 0. The van der Waals surface area contributed by atoms with Gasteiger partial charge in [-0.15, -0.1) is 11.3 Å². The van der Waals surface area contributed by atoms with Crippen molar-refractivity contribution in [3.63, 3.8) is 0 Å². The molecule has 116 valence electrons. The highest BCUT2D eigenvalue weighted by molar-refractivity contribution is 7.17. The Morgan fingerprint density at radius 1 is 1.23 bits per heavy atom. The molecular formula is C17H21N3OS. The highest BCUT2D eigenvalue weighted by Gasteiger charge is 2.10. The molecule has 0 fully saturated rings. The largest absolute Gasteiger partial charge is 0.394 e. The van der Waals surface area contributed by atoms with E-state index >= 15 is 0 Å². The summed E-state index contributed by atoms with van der Waals surface area (Å²) in [6, 6.07) is 8.55. The van der Waals surface area contributed by atoms with Gasteiger partial charge >= 0.3 is 0 Å². The van der Waals surface area contributed by atoms with Gasteiger partial charge in [-0.2, -0.15) is 5.10 Å². The molecule has 0 radical (unpaired) electrons. The van der Waals surface area contributed by atoms with Gasteiger partial charge < -0.3 is 5.11 Å². The van der Waals surface area contributed by atoms with Gasteiger partial charge in [0.2, 0.25) is 0 Å². The van der Waals surface area contributed by atoms with E-state index in [2.05, 4.69) is 46.7 Å². The summed E-state index contributed by atoms with van der Waals surface area (Å²) >= 11 is 1.81. The molecule has 0 spiro atoms. The summed E-state index contributed by atoms with van der Waals surface area (Å²) in [7, 11) is 2.13. The summed E-state index contributed by atoms with van der Waals surface area (Å²) < 4.78 is 3.16. The number of aliphatic hydroxyl groups is 1. The Labute approximate surface area is 134 Å². The molecule has 0 amide bonds. The fourth-order valence-electron chi connectivity index (χ4n) is 2.72. The zero-order chi connectivity index (χ0) is 15.5. The summed E-state index contributed by atoms with van der Waals surface area (Å²) in [6.45, 7) is 4.49. The Balaban J connectivity index is 1.71. The first-order chi connectivity index (χ1) is 10.7. The molecule has 4 nitrogen and oxygen atoms in total. The molecular weight excluding hydrogens is 294 g/mol. The van der Waals surface area contributed by atoms with Gasteiger partial charge in [0.15, 0.2) is 0 Å². The Morgan fingerprint density at radius 3 is 2.82 bits per heavy atom. The average Bonchev–Trinajstić information content (AvgIpc) is 3.04. The fraction of sp³-hybridized carbons (Fsp3) is 0.353. The molecule has 22 heavy (non-hydrogen) atoms. The van der Waals surface area contributed by atoms with Crippen molar-refractivity contribution in [2.24, 2.45) is 0 Å². The van der Waals surface area contributed by atoms with Crippen molar-refractivity contribution in [1.82, 2.24) is 14.7 Å². The predicted octanol–water partition coefficient (Wildman–Crippen LogP) is 3.03. The normalized spacial score (nSPS) is 11.6. The summed E-state index contributed by atoms with van der Waals surface area (Å²) in [6.07, 6.45) is 2.04. The maximum atomic E-state index is 9.00. The molecule has 0 saturated carbocycles. The van der Waals surface area contributed by atoms with E-state index in [-0.39, 0.29) is 6.61 Å². The highest BCUT2D eigenvalue weighted by atomic mass is 32.1. The number of aliphatic hydroxyl groups excluding tert-OH is 1. The maximum Gasteiger partial charge on any atom is 0.0641 e. The van der Waals surface area contributed by atoms with E-state index in [1.54, 1.807) is 11.3 Å². The Hall–Kier alpha value is -1.69. The first-order valence-corrected chi connectivity index (χ1v) is 8.33. The van der Waals surface area contributed by atoms with Crippen LogP contribution in [0.3, 0.4) is 0 Å². The van der Waals surface area contributed by atoms with Crippen LogP contribution in [-0.2, 0) is 19.6 Å². The Bertz CT molecular complexity index is 762. The van der Waals surface area contributed by atoms with Gasteiger partial charge in [0, 0.05) is 29.5 Å². The minimum Gasteiger partial charge on any atom is -0.394 e. The van der Waals surface area contributed by atoms with Crippen molar-refractivity contribution in [3.05, 3.63) is 52.7 Å². The van der Waals surface area contributed by atoms with Gasteiger partial charge in [0.05, 0.1) is 18.8 Å². The van der Waals surface area contributed by atoms with Crippen LogP contribution < -0.4 is 0 Å². The molecule has 2 heterocycles. The lowest BCUT2D eigenvalue weighted by atomic mass is 10.1. The van der Waals surface area contributed by atoms with Crippen molar-refractivity contribution < 1.29 is 5.11 Å². The zero-order valence-corrected chi connectivity index (χ0v) is 13.8.